The molecule has 0 bridgehead atoms. The second-order valence-corrected chi connectivity index (χ2v) is 15.5. The largest absolute Gasteiger partial charge is 0.497 e. The van der Waals surface area contributed by atoms with Gasteiger partial charge < -0.3 is 23.3 Å². The van der Waals surface area contributed by atoms with E-state index in [9.17, 15) is 0 Å². The monoisotopic (exact) mass is 732 g/mol. The van der Waals surface area contributed by atoms with Crippen molar-refractivity contribution < 1.29 is 23.3 Å². The van der Waals surface area contributed by atoms with Gasteiger partial charge in [0.25, 0.3) is 6.26 Å². The van der Waals surface area contributed by atoms with Gasteiger partial charge in [0.1, 0.15) is 17.1 Å². The Morgan fingerprint density at radius 3 is 1.33 bits per heavy atom. The highest BCUT2D eigenvalue weighted by Gasteiger charge is 2.37. The molecule has 0 radical (unpaired) electrons. The second-order valence-electron chi connectivity index (χ2n) is 14.1. The average molecular weight is 733 g/mol. The Kier molecular flexibility index (Phi) is 20.8. The molecule has 3 aromatic carbocycles. The summed E-state index contributed by atoms with van der Waals surface area (Å²) in [5.74, 6) is 1.65. The molecule has 0 aliphatic carbocycles. The van der Waals surface area contributed by atoms with E-state index in [2.05, 4.69) is 87.0 Å². The molecule has 0 saturated heterocycles. The van der Waals surface area contributed by atoms with Crippen LogP contribution in [0.1, 0.15) is 134 Å². The summed E-state index contributed by atoms with van der Waals surface area (Å²) in [4.78, 5) is 0. The summed E-state index contributed by atoms with van der Waals surface area (Å²) in [5, 5.41) is 9.06. The Balaban J connectivity index is 1.31. The summed E-state index contributed by atoms with van der Waals surface area (Å²) in [6.45, 7) is 9.78. The van der Waals surface area contributed by atoms with Gasteiger partial charge in [-0.2, -0.15) is 0 Å². The van der Waals surface area contributed by atoms with Crippen molar-refractivity contribution >= 4 is 8.53 Å². The molecule has 1 atom stereocenters. The first kappa shape index (κ1) is 43.3. The highest BCUT2D eigenvalue weighted by atomic mass is 31.2. The van der Waals surface area contributed by atoms with Crippen LogP contribution in [0.2, 0.25) is 0 Å². The zero-order chi connectivity index (χ0) is 37.4. The Labute approximate surface area is 316 Å². The fourth-order valence-electron chi connectivity index (χ4n) is 6.92. The Morgan fingerprint density at radius 1 is 0.558 bits per heavy atom. The smallest absolute Gasteiger partial charge is 0.332 e. The molecule has 0 aliphatic heterocycles. The number of nitriles is 1. The third-order valence-electron chi connectivity index (χ3n) is 9.60. The van der Waals surface area contributed by atoms with Gasteiger partial charge in [0.2, 0.25) is 0 Å². The molecule has 286 valence electrons. The lowest BCUT2D eigenvalue weighted by atomic mass is 9.80. The van der Waals surface area contributed by atoms with Crippen LogP contribution in [0.3, 0.4) is 0 Å². The topological polar surface area (TPSA) is 73.2 Å². The van der Waals surface area contributed by atoms with E-state index in [4.69, 9.17) is 28.5 Å². The van der Waals surface area contributed by atoms with E-state index in [1.165, 1.54) is 77.0 Å². The maximum atomic E-state index is 9.06. The SMILES string of the molecule is COc1ccc(C(OCCCCCCCCCCCCCCCCOP(OC#N)N(C(C)C)C(C)C)(c2ccccc2)c2ccc(OC)cc2)cc1. The standard InChI is InChI=1S/C44H65N2O5P/c1-37(2)46(38(3)4)52(51-36-45)50-35-23-18-16-14-12-10-8-7-9-11-13-15-17-22-34-49-44(39-24-20-19-21-25-39,40-26-30-42(47-5)31-27-40)41-28-32-43(48-6)33-29-41/h19-21,24-33,37-38H,7-18,22-23,34-35H2,1-6H3. The number of unbranched alkanes of at least 4 members (excludes halogenated alkanes) is 13. The van der Waals surface area contributed by atoms with Crippen molar-refractivity contribution in [3.05, 3.63) is 95.6 Å². The van der Waals surface area contributed by atoms with Gasteiger partial charge in [-0.25, -0.2) is 4.67 Å². The molecule has 0 saturated carbocycles. The highest BCUT2D eigenvalue weighted by Crippen LogP contribution is 2.46. The summed E-state index contributed by atoms with van der Waals surface area (Å²) in [6.07, 6.45) is 19.3. The molecule has 52 heavy (non-hydrogen) atoms. The van der Waals surface area contributed by atoms with E-state index in [1.807, 2.05) is 30.5 Å². The number of methoxy groups -OCH3 is 2. The maximum Gasteiger partial charge on any atom is 0.332 e. The van der Waals surface area contributed by atoms with Gasteiger partial charge in [-0.05, 0) is 81.5 Å². The van der Waals surface area contributed by atoms with Crippen LogP contribution in [-0.2, 0) is 19.4 Å². The van der Waals surface area contributed by atoms with Gasteiger partial charge in [-0.1, -0.05) is 132 Å². The summed E-state index contributed by atoms with van der Waals surface area (Å²) in [6, 6.07) is 27.6. The Hall–Kier alpha value is -3.14. The number of rotatable bonds is 28. The minimum Gasteiger partial charge on any atom is -0.497 e. The summed E-state index contributed by atoms with van der Waals surface area (Å²) < 4.78 is 31.4. The number of hydrogen-bond donors (Lipinski definition) is 0. The van der Waals surface area contributed by atoms with Crippen LogP contribution in [-0.4, -0.2) is 44.2 Å². The fraction of sp³-hybridized carbons (Fsp3) is 0.568. The molecule has 0 N–H and O–H groups in total. The molecule has 0 aliphatic rings. The van der Waals surface area contributed by atoms with Crippen LogP contribution in [0.25, 0.3) is 0 Å². The lowest BCUT2D eigenvalue weighted by molar-refractivity contribution is 0.0106. The van der Waals surface area contributed by atoms with Gasteiger partial charge in [0.15, 0.2) is 0 Å². The van der Waals surface area contributed by atoms with Crippen molar-refractivity contribution in [1.29, 1.82) is 5.26 Å². The van der Waals surface area contributed by atoms with Crippen LogP contribution in [0.15, 0.2) is 78.9 Å². The molecule has 8 heteroatoms. The molecule has 0 spiro atoms. The van der Waals surface area contributed by atoms with E-state index < -0.39 is 14.1 Å². The van der Waals surface area contributed by atoms with E-state index in [-0.39, 0.29) is 12.1 Å². The molecular formula is C44H65N2O5P. The zero-order valence-electron chi connectivity index (χ0n) is 32.9. The lowest BCUT2D eigenvalue weighted by Gasteiger charge is -2.36. The zero-order valence-corrected chi connectivity index (χ0v) is 33.8. The van der Waals surface area contributed by atoms with Gasteiger partial charge in [0, 0.05) is 18.7 Å². The first-order chi connectivity index (χ1) is 25.4. The van der Waals surface area contributed by atoms with Gasteiger partial charge in [0.05, 0.1) is 20.8 Å². The maximum absolute atomic E-state index is 9.06. The molecule has 0 fully saturated rings. The van der Waals surface area contributed by atoms with Crippen molar-refractivity contribution in [2.75, 3.05) is 27.4 Å². The van der Waals surface area contributed by atoms with Crippen LogP contribution in [0, 0.1) is 11.5 Å². The molecule has 0 heterocycles. The number of benzene rings is 3. The minimum absolute atomic E-state index is 0.273. The van der Waals surface area contributed by atoms with Crippen LogP contribution < -0.4 is 9.47 Å². The molecule has 0 amide bonds. The lowest BCUT2D eigenvalue weighted by Crippen LogP contribution is -2.33. The predicted molar refractivity (Wildman–Crippen MR) is 215 cm³/mol. The number of nitrogens with zero attached hydrogens (tertiary/aromatic N) is 2. The second kappa shape index (κ2) is 25.0. The van der Waals surface area contributed by atoms with Crippen molar-refractivity contribution in [2.45, 2.75) is 135 Å². The highest BCUT2D eigenvalue weighted by molar-refractivity contribution is 7.44. The average Bonchev–Trinajstić information content (AvgIpc) is 3.16. The van der Waals surface area contributed by atoms with E-state index in [1.54, 1.807) is 14.2 Å². The van der Waals surface area contributed by atoms with Crippen LogP contribution >= 0.6 is 8.53 Å². The molecule has 3 aromatic rings. The third kappa shape index (κ3) is 14.0. The fourth-order valence-corrected chi connectivity index (χ4v) is 8.31. The van der Waals surface area contributed by atoms with E-state index in [0.29, 0.717) is 13.2 Å². The van der Waals surface area contributed by atoms with Gasteiger partial charge >= 0.3 is 8.53 Å². The van der Waals surface area contributed by atoms with Crippen molar-refractivity contribution in [3.63, 3.8) is 0 Å². The predicted octanol–water partition coefficient (Wildman–Crippen LogP) is 12.3. The van der Waals surface area contributed by atoms with E-state index in [0.717, 1.165) is 41.0 Å². The summed E-state index contributed by atoms with van der Waals surface area (Å²) >= 11 is 0. The quantitative estimate of drug-likeness (QED) is 0.0318. The summed E-state index contributed by atoms with van der Waals surface area (Å²) in [7, 11) is 2.08. The molecule has 0 aromatic heterocycles. The van der Waals surface area contributed by atoms with Gasteiger partial charge in [-0.15, -0.1) is 5.26 Å². The summed E-state index contributed by atoms with van der Waals surface area (Å²) in [5.41, 5.74) is 2.52. The van der Waals surface area contributed by atoms with Crippen molar-refractivity contribution in [2.24, 2.45) is 0 Å². The first-order valence-corrected chi connectivity index (χ1v) is 20.8. The Bertz CT molecular complexity index is 1320. The third-order valence-corrected chi connectivity index (χ3v) is 11.5. The first-order valence-electron chi connectivity index (χ1n) is 19.6. The molecule has 1 unspecified atom stereocenters. The number of ether oxygens (including phenoxy) is 3. The Morgan fingerprint density at radius 2 is 0.942 bits per heavy atom. The molecular weight excluding hydrogens is 667 g/mol. The van der Waals surface area contributed by atoms with Crippen LogP contribution in [0.4, 0.5) is 0 Å². The molecule has 7 nitrogen and oxygen atoms in total. The molecule has 3 rings (SSSR count). The van der Waals surface area contributed by atoms with Gasteiger partial charge in [-0.3, -0.25) is 0 Å². The van der Waals surface area contributed by atoms with Crippen LogP contribution in [0.5, 0.6) is 11.5 Å². The minimum atomic E-state index is -1.32. The van der Waals surface area contributed by atoms with E-state index >= 15 is 0 Å². The van der Waals surface area contributed by atoms with Crippen molar-refractivity contribution in [1.82, 2.24) is 4.67 Å². The number of hydrogen-bond acceptors (Lipinski definition) is 7. The van der Waals surface area contributed by atoms with Crippen molar-refractivity contribution in [3.8, 4) is 17.8 Å². The normalized spacial score (nSPS) is 12.3.